The Morgan fingerprint density at radius 3 is 2.47 bits per heavy atom. The maximum atomic E-state index is 12.0. The highest BCUT2D eigenvalue weighted by atomic mass is 32.2. The van der Waals surface area contributed by atoms with Crippen LogP contribution < -0.4 is 0 Å². The average Bonchev–Trinajstić information content (AvgIpc) is 2.18. The lowest BCUT2D eigenvalue weighted by Crippen LogP contribution is -2.47. The summed E-state index contributed by atoms with van der Waals surface area (Å²) in [6.45, 7) is 4.37. The molecule has 0 aromatic rings. The van der Waals surface area contributed by atoms with Gasteiger partial charge in [0.2, 0.25) is 5.91 Å². The van der Waals surface area contributed by atoms with Crippen LogP contribution in [0.3, 0.4) is 0 Å². The summed E-state index contributed by atoms with van der Waals surface area (Å²) in [5, 5.41) is 0. The predicted molar refractivity (Wildman–Crippen MR) is 67.2 cm³/mol. The Morgan fingerprint density at radius 1 is 1.33 bits per heavy atom. The lowest BCUT2D eigenvalue weighted by Gasteiger charge is -2.39. The molecule has 1 heterocycles. The molecule has 0 N–H and O–H groups in total. The van der Waals surface area contributed by atoms with Crippen molar-refractivity contribution in [1.82, 2.24) is 4.90 Å². The summed E-state index contributed by atoms with van der Waals surface area (Å²) in [6.07, 6.45) is 7.48. The van der Waals surface area contributed by atoms with E-state index in [1.54, 1.807) is 0 Å². The Kier molecular flexibility index (Phi) is 5.51. The van der Waals surface area contributed by atoms with E-state index in [-0.39, 0.29) is 0 Å². The molecular formula is C12H23NOS. The van der Waals surface area contributed by atoms with Gasteiger partial charge in [0.1, 0.15) is 0 Å². The predicted octanol–water partition coefficient (Wildman–Crippen LogP) is 2.92. The second-order valence-corrected chi connectivity index (χ2v) is 5.51. The first-order valence-corrected chi connectivity index (χ1v) is 7.36. The second kappa shape index (κ2) is 6.41. The third-order valence-electron chi connectivity index (χ3n) is 3.22. The van der Waals surface area contributed by atoms with Crippen LogP contribution in [0, 0.1) is 0 Å². The molecule has 2 unspecified atom stereocenters. The molecule has 1 saturated heterocycles. The second-order valence-electron chi connectivity index (χ2n) is 4.53. The van der Waals surface area contributed by atoms with Crippen molar-refractivity contribution in [2.45, 2.75) is 58.0 Å². The number of rotatable bonds is 4. The third-order valence-corrected chi connectivity index (χ3v) is 3.92. The zero-order chi connectivity index (χ0) is 11.3. The van der Waals surface area contributed by atoms with Crippen LogP contribution in [0.5, 0.6) is 0 Å². The van der Waals surface area contributed by atoms with Crippen LogP contribution >= 0.6 is 11.8 Å². The fraction of sp³-hybridized carbons (Fsp3) is 0.917. The van der Waals surface area contributed by atoms with Crippen molar-refractivity contribution in [1.29, 1.82) is 0 Å². The number of thioether (sulfide) groups is 1. The Labute approximate surface area is 97.8 Å². The maximum Gasteiger partial charge on any atom is 0.223 e. The van der Waals surface area contributed by atoms with Gasteiger partial charge in [-0.05, 0) is 51.5 Å². The standard InChI is InChI=1S/C12H23NOS/c1-10-6-4-7-11(2)13(10)12(14)8-5-9-15-3/h10-11H,4-9H2,1-3H3. The van der Waals surface area contributed by atoms with Crippen molar-refractivity contribution < 1.29 is 4.79 Å². The van der Waals surface area contributed by atoms with E-state index in [0.29, 0.717) is 18.0 Å². The van der Waals surface area contributed by atoms with Crippen molar-refractivity contribution in [2.75, 3.05) is 12.0 Å². The van der Waals surface area contributed by atoms with Gasteiger partial charge in [0, 0.05) is 18.5 Å². The minimum Gasteiger partial charge on any atom is -0.337 e. The zero-order valence-electron chi connectivity index (χ0n) is 10.2. The number of likely N-dealkylation sites (tertiary alicyclic amines) is 1. The molecule has 1 aliphatic heterocycles. The van der Waals surface area contributed by atoms with Gasteiger partial charge in [-0.2, -0.15) is 11.8 Å². The van der Waals surface area contributed by atoms with Crippen LogP contribution in [-0.2, 0) is 4.79 Å². The summed E-state index contributed by atoms with van der Waals surface area (Å²) >= 11 is 1.82. The molecule has 88 valence electrons. The van der Waals surface area contributed by atoms with E-state index < -0.39 is 0 Å². The number of carbonyl (C=O) groups is 1. The van der Waals surface area contributed by atoms with Crippen LogP contribution in [0.2, 0.25) is 0 Å². The van der Waals surface area contributed by atoms with Gasteiger partial charge >= 0.3 is 0 Å². The Hall–Kier alpha value is -0.180. The highest BCUT2D eigenvalue weighted by Crippen LogP contribution is 2.23. The molecule has 1 fully saturated rings. The van der Waals surface area contributed by atoms with E-state index in [1.807, 2.05) is 11.8 Å². The molecule has 0 aromatic heterocycles. The first-order valence-electron chi connectivity index (χ1n) is 5.97. The van der Waals surface area contributed by atoms with Crippen LogP contribution in [0.4, 0.5) is 0 Å². The molecular weight excluding hydrogens is 206 g/mol. The number of nitrogens with zero attached hydrogens (tertiary/aromatic N) is 1. The molecule has 0 aliphatic carbocycles. The van der Waals surface area contributed by atoms with E-state index in [1.165, 1.54) is 19.3 Å². The minimum atomic E-state index is 0.365. The summed E-state index contributed by atoms with van der Waals surface area (Å²) in [4.78, 5) is 14.1. The zero-order valence-corrected chi connectivity index (χ0v) is 11.0. The Bertz CT molecular complexity index is 198. The van der Waals surface area contributed by atoms with Crippen LogP contribution in [0.25, 0.3) is 0 Å². The lowest BCUT2D eigenvalue weighted by molar-refractivity contribution is -0.137. The van der Waals surface area contributed by atoms with Gasteiger partial charge in [0.25, 0.3) is 0 Å². The smallest absolute Gasteiger partial charge is 0.223 e. The fourth-order valence-electron chi connectivity index (χ4n) is 2.41. The van der Waals surface area contributed by atoms with Gasteiger partial charge in [-0.15, -0.1) is 0 Å². The molecule has 0 radical (unpaired) electrons. The van der Waals surface area contributed by atoms with Crippen molar-refractivity contribution in [3.8, 4) is 0 Å². The van der Waals surface area contributed by atoms with E-state index >= 15 is 0 Å². The maximum absolute atomic E-state index is 12.0. The molecule has 0 aromatic carbocycles. The summed E-state index contributed by atoms with van der Waals surface area (Å²) < 4.78 is 0. The molecule has 1 rings (SSSR count). The van der Waals surface area contributed by atoms with Crippen molar-refractivity contribution in [3.63, 3.8) is 0 Å². The molecule has 2 nitrogen and oxygen atoms in total. The summed E-state index contributed by atoms with van der Waals surface area (Å²) in [6, 6.07) is 0.908. The van der Waals surface area contributed by atoms with Crippen LogP contribution in [0.15, 0.2) is 0 Å². The van der Waals surface area contributed by atoms with Crippen molar-refractivity contribution in [2.24, 2.45) is 0 Å². The average molecular weight is 229 g/mol. The Morgan fingerprint density at radius 2 is 1.93 bits per heavy atom. The number of amides is 1. The van der Waals surface area contributed by atoms with Gasteiger partial charge in [-0.25, -0.2) is 0 Å². The lowest BCUT2D eigenvalue weighted by atomic mass is 9.97. The van der Waals surface area contributed by atoms with E-state index in [9.17, 15) is 4.79 Å². The molecule has 3 heteroatoms. The molecule has 15 heavy (non-hydrogen) atoms. The highest BCUT2D eigenvalue weighted by Gasteiger charge is 2.27. The number of hydrogen-bond donors (Lipinski definition) is 0. The molecule has 2 atom stereocenters. The van der Waals surface area contributed by atoms with Gasteiger partial charge < -0.3 is 4.90 Å². The molecule has 1 aliphatic rings. The third kappa shape index (κ3) is 3.71. The monoisotopic (exact) mass is 229 g/mol. The van der Waals surface area contributed by atoms with Crippen LogP contribution in [-0.4, -0.2) is 34.9 Å². The van der Waals surface area contributed by atoms with E-state index in [4.69, 9.17) is 0 Å². The minimum absolute atomic E-state index is 0.365. The highest BCUT2D eigenvalue weighted by molar-refractivity contribution is 7.98. The van der Waals surface area contributed by atoms with E-state index in [2.05, 4.69) is 25.0 Å². The summed E-state index contributed by atoms with van der Waals surface area (Å²) in [5.74, 6) is 1.46. The fourth-order valence-corrected chi connectivity index (χ4v) is 2.84. The first kappa shape index (κ1) is 12.9. The Balaban J connectivity index is 2.41. The SMILES string of the molecule is CSCCCC(=O)N1C(C)CCCC1C. The largest absolute Gasteiger partial charge is 0.337 e. The molecule has 0 spiro atoms. The van der Waals surface area contributed by atoms with Gasteiger partial charge in [0.15, 0.2) is 0 Å². The molecule has 0 bridgehead atoms. The molecule has 1 amide bonds. The van der Waals surface area contributed by atoms with Gasteiger partial charge in [-0.3, -0.25) is 4.79 Å². The van der Waals surface area contributed by atoms with Gasteiger partial charge in [-0.1, -0.05) is 0 Å². The summed E-state index contributed by atoms with van der Waals surface area (Å²) in [5.41, 5.74) is 0. The quantitative estimate of drug-likeness (QED) is 0.691. The van der Waals surface area contributed by atoms with E-state index in [0.717, 1.165) is 18.6 Å². The normalized spacial score (nSPS) is 26.7. The topological polar surface area (TPSA) is 20.3 Å². The number of carbonyl (C=O) groups excluding carboxylic acids is 1. The van der Waals surface area contributed by atoms with Crippen LogP contribution in [0.1, 0.15) is 46.0 Å². The molecule has 0 saturated carbocycles. The van der Waals surface area contributed by atoms with Crippen molar-refractivity contribution >= 4 is 17.7 Å². The first-order chi connectivity index (χ1) is 7.16. The van der Waals surface area contributed by atoms with Gasteiger partial charge in [0.05, 0.1) is 0 Å². The summed E-state index contributed by atoms with van der Waals surface area (Å²) in [7, 11) is 0. The van der Waals surface area contributed by atoms with Crippen molar-refractivity contribution in [3.05, 3.63) is 0 Å². The number of hydrogen-bond acceptors (Lipinski definition) is 2. The number of piperidine rings is 1.